The molecule has 1 atom stereocenters. The first-order chi connectivity index (χ1) is 13.4. The molecule has 148 valence electrons. The van der Waals surface area contributed by atoms with Crippen molar-refractivity contribution in [3.63, 3.8) is 0 Å². The van der Waals surface area contributed by atoms with Crippen molar-refractivity contribution in [3.05, 3.63) is 59.2 Å². The maximum Gasteiger partial charge on any atom is 0.253 e. The van der Waals surface area contributed by atoms with Gasteiger partial charge in [0.05, 0.1) is 4.90 Å². The van der Waals surface area contributed by atoms with Crippen LogP contribution >= 0.6 is 0 Å². The van der Waals surface area contributed by atoms with Gasteiger partial charge in [-0.15, -0.1) is 0 Å². The summed E-state index contributed by atoms with van der Waals surface area (Å²) in [4.78, 5) is 12.6. The van der Waals surface area contributed by atoms with Crippen LogP contribution < -0.4 is 5.32 Å². The normalized spacial score (nSPS) is 20.0. The zero-order valence-electron chi connectivity index (χ0n) is 15.8. The number of aryl methyl sites for hydroxylation is 1. The van der Waals surface area contributed by atoms with Crippen molar-refractivity contribution in [3.8, 4) is 0 Å². The number of rotatable bonds is 4. The highest BCUT2D eigenvalue weighted by Crippen LogP contribution is 2.27. The fourth-order valence-electron chi connectivity index (χ4n) is 3.68. The maximum absolute atomic E-state index is 13.0. The predicted molar refractivity (Wildman–Crippen MR) is 107 cm³/mol. The van der Waals surface area contributed by atoms with E-state index in [1.54, 1.807) is 12.1 Å². The van der Waals surface area contributed by atoms with E-state index in [0.29, 0.717) is 36.7 Å². The predicted octanol–water partition coefficient (Wildman–Crippen LogP) is 2.86. The molecule has 2 aromatic carbocycles. The van der Waals surface area contributed by atoms with Crippen molar-refractivity contribution in [2.45, 2.75) is 43.7 Å². The van der Waals surface area contributed by atoms with Gasteiger partial charge in [0.2, 0.25) is 10.0 Å². The molecule has 28 heavy (non-hydrogen) atoms. The SMILES string of the molecule is Cc1ccc(S(=O)(=O)N2CCc3ccc(NC(=O)C4CCCO4)cc3C2)cc1. The summed E-state index contributed by atoms with van der Waals surface area (Å²) in [5.41, 5.74) is 3.74. The van der Waals surface area contributed by atoms with Crippen LogP contribution in [0.25, 0.3) is 0 Å². The molecular weight excluding hydrogens is 376 g/mol. The summed E-state index contributed by atoms with van der Waals surface area (Å²) >= 11 is 0. The molecule has 2 heterocycles. The van der Waals surface area contributed by atoms with Crippen molar-refractivity contribution in [1.82, 2.24) is 4.31 Å². The van der Waals surface area contributed by atoms with Gasteiger partial charge < -0.3 is 10.1 Å². The Labute approximate surface area is 165 Å². The van der Waals surface area contributed by atoms with Gasteiger partial charge >= 0.3 is 0 Å². The third-order valence-corrected chi connectivity index (χ3v) is 7.19. The number of carbonyl (C=O) groups is 1. The lowest BCUT2D eigenvalue weighted by atomic mass is 10.0. The van der Waals surface area contributed by atoms with Crippen LogP contribution in [0.1, 0.15) is 29.5 Å². The number of benzene rings is 2. The number of carbonyl (C=O) groups excluding carboxylic acids is 1. The highest BCUT2D eigenvalue weighted by Gasteiger charge is 2.29. The number of fused-ring (bicyclic) bond motifs is 1. The number of nitrogens with one attached hydrogen (secondary N) is 1. The first-order valence-electron chi connectivity index (χ1n) is 9.54. The number of sulfonamides is 1. The molecule has 0 radical (unpaired) electrons. The fraction of sp³-hybridized carbons (Fsp3) is 0.381. The summed E-state index contributed by atoms with van der Waals surface area (Å²) in [7, 11) is -3.54. The number of ether oxygens (including phenoxy) is 1. The van der Waals surface area contributed by atoms with E-state index in [2.05, 4.69) is 5.32 Å². The standard InChI is InChI=1S/C21H24N2O4S/c1-15-4-8-19(9-5-15)28(25,26)23-11-10-16-6-7-18(13-17(16)14-23)22-21(24)20-3-2-12-27-20/h4-9,13,20H,2-3,10-12,14H2,1H3,(H,22,24). The van der Waals surface area contributed by atoms with E-state index in [9.17, 15) is 13.2 Å². The molecule has 7 heteroatoms. The quantitative estimate of drug-likeness (QED) is 0.856. The fourth-order valence-corrected chi connectivity index (χ4v) is 5.10. The van der Waals surface area contributed by atoms with Gasteiger partial charge in [-0.25, -0.2) is 8.42 Å². The van der Waals surface area contributed by atoms with Crippen molar-refractivity contribution in [2.24, 2.45) is 0 Å². The van der Waals surface area contributed by atoms with Crippen molar-refractivity contribution in [2.75, 3.05) is 18.5 Å². The molecule has 1 N–H and O–H groups in total. The van der Waals surface area contributed by atoms with Gasteiger partial charge in [-0.3, -0.25) is 4.79 Å². The Morgan fingerprint density at radius 1 is 1.14 bits per heavy atom. The van der Waals surface area contributed by atoms with Crippen LogP contribution in [-0.4, -0.2) is 37.9 Å². The first kappa shape index (κ1) is 19.1. The van der Waals surface area contributed by atoms with Gasteiger partial charge in [0.25, 0.3) is 5.91 Å². The average molecular weight is 401 g/mol. The van der Waals surface area contributed by atoms with Gasteiger partial charge in [0, 0.05) is 25.4 Å². The minimum Gasteiger partial charge on any atom is -0.368 e. The molecule has 1 fully saturated rings. The lowest BCUT2D eigenvalue weighted by molar-refractivity contribution is -0.124. The lowest BCUT2D eigenvalue weighted by Crippen LogP contribution is -2.36. The highest BCUT2D eigenvalue weighted by molar-refractivity contribution is 7.89. The van der Waals surface area contributed by atoms with Crippen LogP contribution in [0.2, 0.25) is 0 Å². The lowest BCUT2D eigenvalue weighted by Gasteiger charge is -2.28. The summed E-state index contributed by atoms with van der Waals surface area (Å²) in [6, 6.07) is 12.6. The van der Waals surface area contributed by atoms with E-state index >= 15 is 0 Å². The topological polar surface area (TPSA) is 75.7 Å². The van der Waals surface area contributed by atoms with E-state index in [0.717, 1.165) is 29.5 Å². The summed E-state index contributed by atoms with van der Waals surface area (Å²) in [6.07, 6.45) is 1.89. The van der Waals surface area contributed by atoms with Crippen LogP contribution in [0.3, 0.4) is 0 Å². The largest absolute Gasteiger partial charge is 0.368 e. The molecular formula is C21H24N2O4S. The van der Waals surface area contributed by atoms with Crippen molar-refractivity contribution in [1.29, 1.82) is 0 Å². The third kappa shape index (κ3) is 3.83. The molecule has 0 aromatic heterocycles. The Morgan fingerprint density at radius 2 is 1.93 bits per heavy atom. The monoisotopic (exact) mass is 400 g/mol. The Balaban J connectivity index is 1.52. The second kappa shape index (κ2) is 7.66. The highest BCUT2D eigenvalue weighted by atomic mass is 32.2. The van der Waals surface area contributed by atoms with E-state index < -0.39 is 16.1 Å². The zero-order valence-corrected chi connectivity index (χ0v) is 16.7. The van der Waals surface area contributed by atoms with Gasteiger partial charge in [-0.2, -0.15) is 4.31 Å². The van der Waals surface area contributed by atoms with E-state index in [4.69, 9.17) is 4.74 Å². The van der Waals surface area contributed by atoms with Crippen molar-refractivity contribution >= 4 is 21.6 Å². The first-order valence-corrected chi connectivity index (χ1v) is 11.0. The van der Waals surface area contributed by atoms with Crippen molar-refractivity contribution < 1.29 is 17.9 Å². The van der Waals surface area contributed by atoms with Gasteiger partial charge in [-0.1, -0.05) is 23.8 Å². The molecule has 0 aliphatic carbocycles. The van der Waals surface area contributed by atoms with Gasteiger partial charge in [-0.05, 0) is 61.6 Å². The molecule has 1 unspecified atom stereocenters. The van der Waals surface area contributed by atoms with Crippen LogP contribution in [0.4, 0.5) is 5.69 Å². The number of hydrogen-bond donors (Lipinski definition) is 1. The molecule has 0 spiro atoms. The number of nitrogens with zero attached hydrogens (tertiary/aromatic N) is 1. The Kier molecular flexibility index (Phi) is 5.23. The molecule has 1 saturated heterocycles. The number of anilines is 1. The minimum atomic E-state index is -3.54. The summed E-state index contributed by atoms with van der Waals surface area (Å²) in [5.74, 6) is -0.141. The number of amides is 1. The Hall–Kier alpha value is -2.22. The van der Waals surface area contributed by atoms with Crippen LogP contribution in [-0.2, 0) is 32.5 Å². The molecule has 2 aromatic rings. The second-order valence-corrected chi connectivity index (χ2v) is 9.31. The molecule has 0 bridgehead atoms. The third-order valence-electron chi connectivity index (χ3n) is 5.33. The Morgan fingerprint density at radius 3 is 2.64 bits per heavy atom. The molecule has 2 aliphatic heterocycles. The second-order valence-electron chi connectivity index (χ2n) is 7.38. The molecule has 0 saturated carbocycles. The van der Waals surface area contributed by atoms with Gasteiger partial charge in [0.15, 0.2) is 0 Å². The summed E-state index contributed by atoms with van der Waals surface area (Å²) < 4.78 is 32.9. The van der Waals surface area contributed by atoms with Crippen LogP contribution in [0.5, 0.6) is 0 Å². The minimum absolute atomic E-state index is 0.141. The maximum atomic E-state index is 13.0. The van der Waals surface area contributed by atoms with E-state index in [1.165, 1.54) is 4.31 Å². The summed E-state index contributed by atoms with van der Waals surface area (Å²) in [6.45, 7) is 3.30. The van der Waals surface area contributed by atoms with Crippen LogP contribution in [0.15, 0.2) is 47.4 Å². The summed E-state index contributed by atoms with van der Waals surface area (Å²) in [5, 5.41) is 2.89. The van der Waals surface area contributed by atoms with Crippen LogP contribution in [0, 0.1) is 6.92 Å². The zero-order chi connectivity index (χ0) is 19.7. The van der Waals surface area contributed by atoms with E-state index in [1.807, 2.05) is 37.3 Å². The average Bonchev–Trinajstić information content (AvgIpc) is 3.23. The molecule has 4 rings (SSSR count). The van der Waals surface area contributed by atoms with Gasteiger partial charge in [0.1, 0.15) is 6.10 Å². The van der Waals surface area contributed by atoms with E-state index in [-0.39, 0.29) is 5.91 Å². The molecule has 6 nitrogen and oxygen atoms in total. The molecule has 2 aliphatic rings. The number of hydrogen-bond acceptors (Lipinski definition) is 4. The smallest absolute Gasteiger partial charge is 0.253 e. The Bertz CT molecular complexity index is 980. The molecule has 1 amide bonds.